The minimum Gasteiger partial charge on any atom is -0.384 e. The summed E-state index contributed by atoms with van der Waals surface area (Å²) in [5, 5.41) is 3.96. The number of carbonyl (C=O) groups excluding carboxylic acids is 1. The molecule has 0 radical (unpaired) electrons. The van der Waals surface area contributed by atoms with Crippen molar-refractivity contribution in [1.29, 1.82) is 0 Å². The molecule has 2 atom stereocenters. The highest BCUT2D eigenvalue weighted by Gasteiger charge is 2.33. The number of para-hydroxylation sites is 1. The van der Waals surface area contributed by atoms with Gasteiger partial charge in [0, 0.05) is 36.3 Å². The lowest BCUT2D eigenvalue weighted by Gasteiger charge is -2.33. The van der Waals surface area contributed by atoms with Crippen LogP contribution in [0.5, 0.6) is 0 Å². The molecule has 1 amide bonds. The number of thioether (sulfide) groups is 1. The van der Waals surface area contributed by atoms with E-state index in [2.05, 4.69) is 29.3 Å². The van der Waals surface area contributed by atoms with Crippen molar-refractivity contribution in [2.75, 3.05) is 30.7 Å². The molecule has 2 aliphatic rings. The van der Waals surface area contributed by atoms with Gasteiger partial charge in [0.05, 0.1) is 5.92 Å². The molecule has 2 heterocycles. The molecule has 0 aliphatic carbocycles. The molecule has 19 heavy (non-hydrogen) atoms. The molecule has 0 bridgehead atoms. The molecule has 1 aromatic rings. The van der Waals surface area contributed by atoms with Crippen LogP contribution < -0.4 is 5.32 Å². The van der Waals surface area contributed by atoms with Crippen molar-refractivity contribution in [3.63, 3.8) is 0 Å². The SMILES string of the molecule is CCC1CN(C(=O)C2CNc3ccccc32)CCS1. The van der Waals surface area contributed by atoms with E-state index in [0.29, 0.717) is 11.2 Å². The average Bonchev–Trinajstić information content (AvgIpc) is 2.90. The molecular formula is C15H20N2OS. The van der Waals surface area contributed by atoms with Crippen molar-refractivity contribution >= 4 is 23.4 Å². The lowest BCUT2D eigenvalue weighted by atomic mass is 9.99. The van der Waals surface area contributed by atoms with Crippen molar-refractivity contribution in [3.05, 3.63) is 29.8 Å². The molecule has 4 heteroatoms. The zero-order valence-electron chi connectivity index (χ0n) is 11.3. The molecule has 0 saturated carbocycles. The Morgan fingerprint density at radius 2 is 2.32 bits per heavy atom. The first-order valence-electron chi connectivity index (χ1n) is 7.02. The van der Waals surface area contributed by atoms with Gasteiger partial charge in [-0.05, 0) is 18.1 Å². The maximum atomic E-state index is 12.7. The quantitative estimate of drug-likeness (QED) is 0.901. The first kappa shape index (κ1) is 12.9. The average molecular weight is 276 g/mol. The van der Waals surface area contributed by atoms with E-state index < -0.39 is 0 Å². The Hall–Kier alpha value is -1.16. The molecule has 1 fully saturated rings. The van der Waals surface area contributed by atoms with Crippen LogP contribution in [0.15, 0.2) is 24.3 Å². The van der Waals surface area contributed by atoms with E-state index in [0.717, 1.165) is 37.5 Å². The predicted molar refractivity (Wildman–Crippen MR) is 80.8 cm³/mol. The van der Waals surface area contributed by atoms with Crippen molar-refractivity contribution in [1.82, 2.24) is 4.90 Å². The molecule has 2 aliphatic heterocycles. The van der Waals surface area contributed by atoms with E-state index in [1.807, 2.05) is 23.9 Å². The van der Waals surface area contributed by atoms with Gasteiger partial charge < -0.3 is 10.2 Å². The van der Waals surface area contributed by atoms with Crippen LogP contribution in [0.25, 0.3) is 0 Å². The van der Waals surface area contributed by atoms with Gasteiger partial charge in [0.2, 0.25) is 5.91 Å². The summed E-state index contributed by atoms with van der Waals surface area (Å²) in [5.74, 6) is 1.39. The highest BCUT2D eigenvalue weighted by atomic mass is 32.2. The monoisotopic (exact) mass is 276 g/mol. The topological polar surface area (TPSA) is 32.3 Å². The fourth-order valence-corrected chi connectivity index (χ4v) is 4.07. The Morgan fingerprint density at radius 3 is 3.16 bits per heavy atom. The number of amides is 1. The highest BCUT2D eigenvalue weighted by Crippen LogP contribution is 2.33. The first-order valence-corrected chi connectivity index (χ1v) is 8.07. The summed E-state index contributed by atoms with van der Waals surface area (Å²) >= 11 is 2.00. The zero-order chi connectivity index (χ0) is 13.2. The molecule has 3 rings (SSSR count). The Labute approximate surface area is 118 Å². The lowest BCUT2D eigenvalue weighted by molar-refractivity contribution is -0.132. The maximum Gasteiger partial charge on any atom is 0.232 e. The number of carbonyl (C=O) groups is 1. The van der Waals surface area contributed by atoms with E-state index in [9.17, 15) is 4.79 Å². The highest BCUT2D eigenvalue weighted by molar-refractivity contribution is 8.00. The van der Waals surface area contributed by atoms with Gasteiger partial charge in [-0.3, -0.25) is 4.79 Å². The number of hydrogen-bond donors (Lipinski definition) is 1. The number of nitrogens with zero attached hydrogens (tertiary/aromatic N) is 1. The number of hydrogen-bond acceptors (Lipinski definition) is 3. The van der Waals surface area contributed by atoms with Crippen molar-refractivity contribution in [2.45, 2.75) is 24.5 Å². The summed E-state index contributed by atoms with van der Waals surface area (Å²) in [7, 11) is 0. The van der Waals surface area contributed by atoms with Gasteiger partial charge in [0.15, 0.2) is 0 Å². The van der Waals surface area contributed by atoms with Crippen molar-refractivity contribution in [3.8, 4) is 0 Å². The van der Waals surface area contributed by atoms with Crippen molar-refractivity contribution < 1.29 is 4.79 Å². The second-order valence-corrected chi connectivity index (χ2v) is 6.61. The van der Waals surface area contributed by atoms with E-state index in [1.165, 1.54) is 5.56 Å². The standard InChI is InChI=1S/C15H20N2OS/c1-2-11-10-17(7-8-19-11)15(18)13-9-16-14-6-4-3-5-12(13)14/h3-6,11,13,16H,2,7-10H2,1H3. The second-order valence-electron chi connectivity index (χ2n) is 5.21. The summed E-state index contributed by atoms with van der Waals surface area (Å²) in [4.78, 5) is 14.8. The summed E-state index contributed by atoms with van der Waals surface area (Å²) in [6.45, 7) is 4.77. The van der Waals surface area contributed by atoms with Crippen LogP contribution in [-0.2, 0) is 4.79 Å². The Morgan fingerprint density at radius 1 is 1.47 bits per heavy atom. The third-order valence-electron chi connectivity index (χ3n) is 4.04. The van der Waals surface area contributed by atoms with Crippen LogP contribution in [0.3, 0.4) is 0 Å². The van der Waals surface area contributed by atoms with E-state index in [4.69, 9.17) is 0 Å². The van der Waals surface area contributed by atoms with E-state index >= 15 is 0 Å². The summed E-state index contributed by atoms with van der Waals surface area (Å²) < 4.78 is 0. The number of rotatable bonds is 2. The Bertz CT molecular complexity index is 477. The van der Waals surface area contributed by atoms with Gasteiger partial charge in [-0.2, -0.15) is 11.8 Å². The maximum absolute atomic E-state index is 12.7. The normalized spacial score (nSPS) is 25.8. The fourth-order valence-electron chi connectivity index (χ4n) is 2.89. The van der Waals surface area contributed by atoms with Crippen LogP contribution in [0, 0.1) is 0 Å². The van der Waals surface area contributed by atoms with Crippen LogP contribution in [0.2, 0.25) is 0 Å². The zero-order valence-corrected chi connectivity index (χ0v) is 12.1. The molecule has 102 valence electrons. The third kappa shape index (κ3) is 2.46. The second kappa shape index (κ2) is 5.45. The predicted octanol–water partition coefficient (Wildman–Crippen LogP) is 2.55. The van der Waals surface area contributed by atoms with Gasteiger partial charge in [0.1, 0.15) is 0 Å². The first-order chi connectivity index (χ1) is 9.29. The summed E-state index contributed by atoms with van der Waals surface area (Å²) in [6.07, 6.45) is 1.15. The Kier molecular flexibility index (Phi) is 3.69. The minimum absolute atomic E-state index is 0.0109. The molecular weight excluding hydrogens is 256 g/mol. The molecule has 1 N–H and O–H groups in total. The van der Waals surface area contributed by atoms with E-state index in [-0.39, 0.29) is 5.92 Å². The molecule has 1 saturated heterocycles. The fraction of sp³-hybridized carbons (Fsp3) is 0.533. The van der Waals surface area contributed by atoms with Crippen LogP contribution >= 0.6 is 11.8 Å². The van der Waals surface area contributed by atoms with Gasteiger partial charge in [-0.25, -0.2) is 0 Å². The minimum atomic E-state index is 0.0109. The third-order valence-corrected chi connectivity index (χ3v) is 5.41. The molecule has 1 aromatic carbocycles. The number of benzene rings is 1. The van der Waals surface area contributed by atoms with Crippen LogP contribution in [0.4, 0.5) is 5.69 Å². The molecule has 0 spiro atoms. The molecule has 3 nitrogen and oxygen atoms in total. The molecule has 0 aromatic heterocycles. The van der Waals surface area contributed by atoms with Gasteiger partial charge in [0.25, 0.3) is 0 Å². The van der Waals surface area contributed by atoms with Crippen LogP contribution in [-0.4, -0.2) is 41.4 Å². The number of anilines is 1. The van der Waals surface area contributed by atoms with E-state index in [1.54, 1.807) is 0 Å². The lowest BCUT2D eigenvalue weighted by Crippen LogP contribution is -2.44. The van der Waals surface area contributed by atoms with Gasteiger partial charge in [-0.15, -0.1) is 0 Å². The van der Waals surface area contributed by atoms with Crippen LogP contribution in [0.1, 0.15) is 24.8 Å². The Balaban J connectivity index is 1.75. The molecule has 2 unspecified atom stereocenters. The summed E-state index contributed by atoms with van der Waals surface area (Å²) in [6, 6.07) is 8.17. The van der Waals surface area contributed by atoms with Crippen molar-refractivity contribution in [2.24, 2.45) is 0 Å². The van der Waals surface area contributed by atoms with Gasteiger partial charge >= 0.3 is 0 Å². The smallest absolute Gasteiger partial charge is 0.232 e. The summed E-state index contributed by atoms with van der Waals surface area (Å²) in [5.41, 5.74) is 2.29. The number of nitrogens with one attached hydrogen (secondary N) is 1. The largest absolute Gasteiger partial charge is 0.384 e. The number of fused-ring (bicyclic) bond motifs is 1. The van der Waals surface area contributed by atoms with Gasteiger partial charge in [-0.1, -0.05) is 25.1 Å².